The molecule has 7 aromatic rings. The molecule has 8 rings (SSSR count). The van der Waals surface area contributed by atoms with E-state index in [1.165, 1.54) is 66.0 Å². The lowest BCUT2D eigenvalue weighted by atomic mass is 9.86. The SMILES string of the molecule is CC(C)[C@H]1CC(=O)[C@@H](Cc2ccc(O)cc2)NC(=O)[C@@H](Cc2c[nH]c3ccccc23)NC(=O)[C@@H](NC(=O)CCOCCOCCOCCOCCOCCOCCNC(=O)CSc2nonc2C(=Nc2ccc(F)c(Br)c2)NO)Cc2cn(nn2)CCCC[C@@H](C(N)=O)N(C)C(=O)[C@@H](Cc2ccc(O)cc2)NC(=O)[C@@H](C)NC1=O. The van der Waals surface area contributed by atoms with Gasteiger partial charge in [-0.2, -0.15) is 0 Å². The third-order valence-corrected chi connectivity index (χ3v) is 19.8. The Morgan fingerprint density at radius 2 is 1.32 bits per heavy atom. The van der Waals surface area contributed by atoms with Crippen LogP contribution in [0, 0.1) is 17.7 Å². The number of aromatic hydroxyl groups is 2. The van der Waals surface area contributed by atoms with Crippen LogP contribution in [0.15, 0.2) is 123 Å². The molecule has 0 saturated carbocycles. The van der Waals surface area contributed by atoms with E-state index in [2.05, 4.69) is 78.4 Å². The van der Waals surface area contributed by atoms with Gasteiger partial charge in [-0.15, -0.1) is 5.10 Å². The number of nitrogens with two attached hydrogens (primary N) is 1. The standard InChI is InChI=1S/C76H98BrFN16O19S/c1-46(2)56-42-65(97)60(37-48-12-17-53(95)18-13-48)85-73(103)61(39-50-43-81-59-10-6-5-9-55(50)59)86-74(104)62(41-52-44-94(92-88-52)24-8-7-11-64(69(79)100)93(4)76(105)63(38-49-14-19-54(96)20-15-49)87-71(101)47(3)82-72(56)102)84-66(98)22-25-107-27-29-109-31-33-111-35-36-112-34-32-110-30-28-108-26-23-80-67(99)45-114-75-68(90-113-91-75)70(89-106)83-51-16-21-58(78)57(77)40-51/h5-6,9-10,12-21,40,43-44,46-47,56,60-64,81,95-96,106H,7-8,11,22-39,41-42,45H2,1-4H3,(H2,79,100)(H,80,99)(H,82,102)(H,83,89)(H,84,98)(H,85,103)(H,86,104)(H,87,101)/t47-,56-,60-,61-,62+,63-,64+/m1/s1. The van der Waals surface area contributed by atoms with Crippen LogP contribution < -0.4 is 43.1 Å². The Morgan fingerprint density at radius 1 is 0.719 bits per heavy atom. The average Bonchev–Trinajstić information content (AvgIpc) is 1.65. The average molecular weight is 1670 g/mol. The number of amidine groups is 1. The van der Waals surface area contributed by atoms with E-state index in [4.69, 9.17) is 38.8 Å². The third-order valence-electron chi connectivity index (χ3n) is 18.2. The first kappa shape index (κ1) is 89.2. The number of benzene rings is 4. The van der Waals surface area contributed by atoms with Crippen LogP contribution in [0.1, 0.15) is 81.0 Å². The lowest BCUT2D eigenvalue weighted by Crippen LogP contribution is -2.57. The number of carbonyl (C=O) groups excluding carboxylic acids is 9. The number of nitrogens with one attached hydrogen (secondary N) is 8. The van der Waals surface area contributed by atoms with Crippen LogP contribution in [0.25, 0.3) is 10.9 Å². The first-order chi connectivity index (χ1) is 54.9. The van der Waals surface area contributed by atoms with Crippen molar-refractivity contribution in [1.29, 1.82) is 0 Å². The second-order valence-electron chi connectivity index (χ2n) is 27.1. The molecule has 0 unspecified atom stereocenters. The van der Waals surface area contributed by atoms with Gasteiger partial charge < -0.3 is 86.2 Å². The zero-order chi connectivity index (χ0) is 81.9. The summed E-state index contributed by atoms with van der Waals surface area (Å²) in [5.74, 6) is -8.39. The van der Waals surface area contributed by atoms with E-state index in [-0.39, 0.29) is 148 Å². The van der Waals surface area contributed by atoms with E-state index in [1.54, 1.807) is 50.5 Å². The number of phenols is 2. The molecule has 0 fully saturated rings. The highest BCUT2D eigenvalue weighted by molar-refractivity contribution is 9.10. The van der Waals surface area contributed by atoms with Crippen molar-refractivity contribution < 1.29 is 96.0 Å². The fraction of sp³-hybridized carbons (Fsp3) is 0.474. The Morgan fingerprint density at radius 3 is 1.95 bits per heavy atom. The quantitative estimate of drug-likeness (QED) is 0.00891. The molecule has 3 aromatic heterocycles. The van der Waals surface area contributed by atoms with Crippen LogP contribution in [0.5, 0.6) is 11.5 Å². The van der Waals surface area contributed by atoms with Gasteiger partial charge in [0.05, 0.1) is 107 Å². The number of hydroxylamine groups is 1. The number of aromatic amines is 1. The van der Waals surface area contributed by atoms with Gasteiger partial charge in [-0.25, -0.2) is 14.0 Å². The Hall–Kier alpha value is -10.3. The number of hydrogen-bond donors (Lipinski definition) is 12. The van der Waals surface area contributed by atoms with Crippen molar-refractivity contribution in [3.63, 3.8) is 0 Å². The van der Waals surface area contributed by atoms with Crippen molar-refractivity contribution in [3.8, 4) is 11.5 Å². The first-order valence-corrected chi connectivity index (χ1v) is 38.9. The van der Waals surface area contributed by atoms with Crippen molar-refractivity contribution in [2.75, 3.05) is 98.6 Å². The number of likely N-dealkylation sites (N-methyl/N-ethyl adjacent to an activating group) is 1. The number of thioether (sulfide) groups is 1. The number of aryl methyl sites for hydroxylation is 1. The predicted octanol–water partition coefficient (Wildman–Crippen LogP) is 3.35. The number of phenolic OH excluding ortho intramolecular Hbond substituents is 2. The maximum absolute atomic E-state index is 15.1. The molecule has 8 amide bonds. The summed E-state index contributed by atoms with van der Waals surface area (Å²) in [5.41, 5.74) is 10.9. The first-order valence-electron chi connectivity index (χ1n) is 37.1. The Labute approximate surface area is 669 Å². The number of H-pyrrole nitrogens is 1. The highest BCUT2D eigenvalue weighted by Crippen LogP contribution is 2.27. The zero-order valence-electron chi connectivity index (χ0n) is 63.6. The molecule has 0 saturated heterocycles. The molecule has 0 radical (unpaired) electrons. The summed E-state index contributed by atoms with van der Waals surface area (Å²) in [6, 6.07) is 15.4. The monoisotopic (exact) mass is 1670 g/mol. The minimum atomic E-state index is -1.41. The molecular weight excluding hydrogens is 1570 g/mol. The van der Waals surface area contributed by atoms with Crippen LogP contribution in [0.3, 0.4) is 0 Å². The summed E-state index contributed by atoms with van der Waals surface area (Å²) in [7, 11) is 1.40. The molecule has 0 spiro atoms. The van der Waals surface area contributed by atoms with E-state index < -0.39 is 107 Å². The van der Waals surface area contributed by atoms with Gasteiger partial charge in [0.2, 0.25) is 47.3 Å². The van der Waals surface area contributed by atoms with E-state index in [0.717, 1.165) is 22.7 Å². The fourth-order valence-electron chi connectivity index (χ4n) is 11.9. The minimum absolute atomic E-state index is 0.0364. The van der Waals surface area contributed by atoms with Gasteiger partial charge in [0.1, 0.15) is 47.5 Å². The molecule has 13 N–H and O–H groups in total. The lowest BCUT2D eigenvalue weighted by Gasteiger charge is -2.31. The minimum Gasteiger partial charge on any atom is -0.508 e. The number of rotatable bonds is 35. The molecule has 114 heavy (non-hydrogen) atoms. The molecule has 38 heteroatoms. The number of ether oxygens (including phenoxy) is 6. The van der Waals surface area contributed by atoms with Crippen LogP contribution in [-0.2, 0) is 104 Å². The van der Waals surface area contributed by atoms with Gasteiger partial charge in [-0.1, -0.05) is 73.3 Å². The van der Waals surface area contributed by atoms with Gasteiger partial charge in [0.25, 0.3) is 0 Å². The number of amides is 8. The fourth-order valence-corrected chi connectivity index (χ4v) is 13.0. The zero-order valence-corrected chi connectivity index (χ0v) is 66.1. The summed E-state index contributed by atoms with van der Waals surface area (Å²) < 4.78 is 53.8. The molecule has 0 aliphatic carbocycles. The maximum Gasteiger partial charge on any atom is 0.245 e. The topological polar surface area (TPSA) is 481 Å². The molecule has 4 heterocycles. The molecule has 616 valence electrons. The van der Waals surface area contributed by atoms with E-state index in [0.29, 0.717) is 68.3 Å². The van der Waals surface area contributed by atoms with Crippen LogP contribution in [-0.4, -0.2) is 244 Å². The largest absolute Gasteiger partial charge is 0.508 e. The summed E-state index contributed by atoms with van der Waals surface area (Å²) in [4.78, 5) is 136. The summed E-state index contributed by atoms with van der Waals surface area (Å²) in [6.07, 6.45) is 2.93. The summed E-state index contributed by atoms with van der Waals surface area (Å²) in [5, 5.41) is 63.7. The van der Waals surface area contributed by atoms with Crippen molar-refractivity contribution in [2.45, 2.75) is 126 Å². The van der Waals surface area contributed by atoms with E-state index in [1.807, 2.05) is 29.7 Å². The van der Waals surface area contributed by atoms with Crippen molar-refractivity contribution in [3.05, 3.63) is 142 Å². The van der Waals surface area contributed by atoms with Crippen molar-refractivity contribution in [1.82, 2.24) is 72.6 Å². The third kappa shape index (κ3) is 29.3. The number of nitrogens with zero attached hydrogens (tertiary/aromatic N) is 7. The number of hydrogen-bond acceptors (Lipinski definition) is 25. The van der Waals surface area contributed by atoms with E-state index >= 15 is 4.79 Å². The number of aromatic nitrogens is 6. The van der Waals surface area contributed by atoms with Crippen molar-refractivity contribution in [2.24, 2.45) is 22.6 Å². The van der Waals surface area contributed by atoms with Crippen LogP contribution in [0.4, 0.5) is 10.1 Å². The van der Waals surface area contributed by atoms with Gasteiger partial charge in [-0.05, 0) is 130 Å². The molecule has 1 aliphatic rings. The van der Waals surface area contributed by atoms with Crippen LogP contribution >= 0.6 is 27.7 Å². The normalized spacial score (nSPS) is 18.9. The van der Waals surface area contributed by atoms with Gasteiger partial charge in [0, 0.05) is 81.5 Å². The van der Waals surface area contributed by atoms with Crippen LogP contribution in [0.2, 0.25) is 0 Å². The Bertz CT molecular complexity index is 4320. The summed E-state index contributed by atoms with van der Waals surface area (Å²) >= 11 is 4.08. The van der Waals surface area contributed by atoms with E-state index in [9.17, 15) is 58.2 Å². The second-order valence-corrected chi connectivity index (χ2v) is 28.9. The van der Waals surface area contributed by atoms with Gasteiger partial charge in [-0.3, -0.25) is 58.5 Å². The number of Topliss-reactive ketones (excluding diaryl/α,β-unsaturated/α-hetero) is 1. The molecule has 4 aromatic carbocycles. The summed E-state index contributed by atoms with van der Waals surface area (Å²) in [6.45, 7) is 8.08. The lowest BCUT2D eigenvalue weighted by molar-refractivity contribution is -0.141. The number of halogens is 2. The number of carbonyl (C=O) groups is 9. The molecule has 7 atom stereocenters. The molecular formula is C76H98BrFN16O19S. The Kier molecular flexibility index (Phi) is 36.6. The predicted molar refractivity (Wildman–Crippen MR) is 415 cm³/mol. The Balaban J connectivity index is 0.822. The smallest absolute Gasteiger partial charge is 0.245 e. The number of aliphatic imine (C=N–C) groups is 1. The second kappa shape index (κ2) is 46.8. The van der Waals surface area contributed by atoms with Gasteiger partial charge in [0.15, 0.2) is 22.3 Å². The number of ketones is 1. The highest BCUT2D eigenvalue weighted by atomic mass is 79.9. The number of primary amides is 1. The van der Waals surface area contributed by atoms with Gasteiger partial charge >= 0.3 is 0 Å². The van der Waals surface area contributed by atoms with Crippen molar-refractivity contribution >= 4 is 103 Å². The molecule has 2 bridgehead atoms. The number of para-hydroxylation sites is 1. The number of fused-ring (bicyclic) bond motifs is 3. The molecule has 1 aliphatic heterocycles. The highest BCUT2D eigenvalue weighted by Gasteiger charge is 2.37. The maximum atomic E-state index is 15.1. The molecule has 35 nitrogen and oxygen atoms in total.